The third-order valence-corrected chi connectivity index (χ3v) is 6.27. The summed E-state index contributed by atoms with van der Waals surface area (Å²) in [5.41, 5.74) is 6.84. The summed E-state index contributed by atoms with van der Waals surface area (Å²) in [4.78, 5) is 4.49. The zero-order chi connectivity index (χ0) is 21.5. The number of nitrogens with zero attached hydrogens (tertiary/aromatic N) is 4. The highest BCUT2D eigenvalue weighted by Crippen LogP contribution is 2.41. The highest BCUT2D eigenvalue weighted by atomic mass is 19.3. The summed E-state index contributed by atoms with van der Waals surface area (Å²) in [5.74, 6) is 0. The van der Waals surface area contributed by atoms with Gasteiger partial charge in [-0.1, -0.05) is 0 Å². The van der Waals surface area contributed by atoms with Crippen LogP contribution >= 0.6 is 0 Å². The van der Waals surface area contributed by atoms with Crippen LogP contribution in [0.1, 0.15) is 29.5 Å². The van der Waals surface area contributed by atoms with Gasteiger partial charge in [-0.05, 0) is 66.9 Å². The summed E-state index contributed by atoms with van der Waals surface area (Å²) >= 11 is 0. The molecule has 0 amide bonds. The minimum atomic E-state index is -2.55. The minimum Gasteiger partial charge on any atom is -0.383 e. The summed E-state index contributed by atoms with van der Waals surface area (Å²) in [6.45, 7) is 3.61. The molecule has 3 aromatic rings. The molecule has 1 N–H and O–H groups in total. The van der Waals surface area contributed by atoms with Crippen molar-refractivity contribution >= 4 is 17.1 Å². The van der Waals surface area contributed by atoms with Crippen molar-refractivity contribution in [1.82, 2.24) is 14.7 Å². The molecule has 5 rings (SSSR count). The Morgan fingerprint density at radius 1 is 1.06 bits per heavy atom. The molecule has 0 fully saturated rings. The molecule has 0 unspecified atom stereocenters. The Bertz CT molecular complexity index is 1110. The quantitative estimate of drug-likeness (QED) is 0.646. The number of fused-ring (bicyclic) bond motifs is 2. The number of nitrogens with one attached hydrogen (secondary N) is 1. The Morgan fingerprint density at radius 2 is 1.94 bits per heavy atom. The lowest BCUT2D eigenvalue weighted by atomic mass is 9.92. The molecule has 162 valence electrons. The average Bonchev–Trinajstić information content (AvgIpc) is 3.10. The van der Waals surface area contributed by atoms with E-state index in [0.717, 1.165) is 67.2 Å². The molecule has 1 aromatic heterocycles. The average molecular weight is 424 g/mol. The van der Waals surface area contributed by atoms with Crippen LogP contribution in [0.4, 0.5) is 25.8 Å². The van der Waals surface area contributed by atoms with Gasteiger partial charge in [0.2, 0.25) is 0 Å². The van der Waals surface area contributed by atoms with Gasteiger partial charge in [0.25, 0.3) is 6.43 Å². The topological polar surface area (TPSA) is 36.3 Å². The van der Waals surface area contributed by atoms with Crippen molar-refractivity contribution in [3.05, 3.63) is 59.4 Å². The van der Waals surface area contributed by atoms with Crippen molar-refractivity contribution in [2.75, 3.05) is 36.9 Å². The number of benzene rings is 2. The standard InChI is InChI=1S/C24H27F2N5/c1-29-9-7-27-22-6-5-19(10-17(22)14-29)31-8-3-4-16-11-20(18-13-28-30(2)15-18)21(24(25)26)12-23(16)31/h5-6,10-13,15,24,27H,3-4,7-9,14H2,1-2H3. The Labute approximate surface area is 181 Å². The third kappa shape index (κ3) is 3.78. The molecule has 2 aromatic carbocycles. The Morgan fingerprint density at radius 3 is 2.71 bits per heavy atom. The van der Waals surface area contributed by atoms with Crippen LogP contribution in [0.5, 0.6) is 0 Å². The Hall–Kier alpha value is -2.93. The van der Waals surface area contributed by atoms with Gasteiger partial charge in [0.1, 0.15) is 0 Å². The van der Waals surface area contributed by atoms with E-state index in [1.54, 1.807) is 30.2 Å². The van der Waals surface area contributed by atoms with Crippen molar-refractivity contribution in [2.45, 2.75) is 25.8 Å². The van der Waals surface area contributed by atoms with Crippen molar-refractivity contribution < 1.29 is 8.78 Å². The molecule has 0 radical (unpaired) electrons. The van der Waals surface area contributed by atoms with Crippen LogP contribution in [0.25, 0.3) is 11.1 Å². The van der Waals surface area contributed by atoms with Crippen molar-refractivity contribution in [1.29, 1.82) is 0 Å². The predicted molar refractivity (Wildman–Crippen MR) is 120 cm³/mol. The van der Waals surface area contributed by atoms with Gasteiger partial charge in [0.05, 0.1) is 6.20 Å². The number of halogens is 2. The highest BCUT2D eigenvalue weighted by molar-refractivity contribution is 5.77. The smallest absolute Gasteiger partial charge is 0.264 e. The molecule has 0 aliphatic carbocycles. The molecule has 0 saturated carbocycles. The maximum absolute atomic E-state index is 14.1. The highest BCUT2D eigenvalue weighted by Gasteiger charge is 2.25. The summed E-state index contributed by atoms with van der Waals surface area (Å²) in [7, 11) is 3.92. The summed E-state index contributed by atoms with van der Waals surface area (Å²) in [6, 6.07) is 10.1. The first kappa shape index (κ1) is 20.0. The van der Waals surface area contributed by atoms with E-state index in [1.165, 1.54) is 5.56 Å². The van der Waals surface area contributed by atoms with Gasteiger partial charge < -0.3 is 15.1 Å². The first-order chi connectivity index (χ1) is 15.0. The van der Waals surface area contributed by atoms with Gasteiger partial charge in [-0.15, -0.1) is 0 Å². The Kier molecular flexibility index (Phi) is 5.14. The lowest BCUT2D eigenvalue weighted by molar-refractivity contribution is 0.152. The molecule has 2 aliphatic rings. The Balaban J connectivity index is 1.58. The molecule has 0 saturated heterocycles. The molecule has 7 heteroatoms. The van der Waals surface area contributed by atoms with E-state index in [1.807, 2.05) is 6.07 Å². The number of aryl methyl sites for hydroxylation is 2. The van der Waals surface area contributed by atoms with Crippen LogP contribution < -0.4 is 10.2 Å². The maximum atomic E-state index is 14.1. The molecular weight excluding hydrogens is 396 g/mol. The lowest BCUT2D eigenvalue weighted by Gasteiger charge is -2.33. The van der Waals surface area contributed by atoms with Crippen LogP contribution in [0, 0.1) is 0 Å². The van der Waals surface area contributed by atoms with Crippen molar-refractivity contribution in [3.8, 4) is 11.1 Å². The van der Waals surface area contributed by atoms with Crippen LogP contribution in [0.2, 0.25) is 0 Å². The molecule has 5 nitrogen and oxygen atoms in total. The van der Waals surface area contributed by atoms with Crippen LogP contribution in [0.15, 0.2) is 42.7 Å². The van der Waals surface area contributed by atoms with Crippen LogP contribution in [0.3, 0.4) is 0 Å². The molecule has 2 aliphatic heterocycles. The predicted octanol–water partition coefficient (Wildman–Crippen LogP) is 4.97. The molecule has 31 heavy (non-hydrogen) atoms. The van der Waals surface area contributed by atoms with Crippen LogP contribution in [-0.4, -0.2) is 41.4 Å². The number of aromatic nitrogens is 2. The molecule has 0 spiro atoms. The second-order valence-electron chi connectivity index (χ2n) is 8.53. The van der Waals surface area contributed by atoms with Gasteiger partial charge in [0, 0.05) is 67.6 Å². The minimum absolute atomic E-state index is 0.0646. The first-order valence-electron chi connectivity index (χ1n) is 10.8. The van der Waals surface area contributed by atoms with E-state index >= 15 is 0 Å². The molecule has 0 bridgehead atoms. The maximum Gasteiger partial charge on any atom is 0.264 e. The van der Waals surface area contributed by atoms with Gasteiger partial charge in [0.15, 0.2) is 0 Å². The molecule has 0 atom stereocenters. The number of hydrogen-bond acceptors (Lipinski definition) is 4. The van der Waals surface area contributed by atoms with Gasteiger partial charge in [-0.3, -0.25) is 4.68 Å². The second-order valence-corrected chi connectivity index (χ2v) is 8.53. The van der Waals surface area contributed by atoms with E-state index in [2.05, 4.69) is 45.5 Å². The molecule has 3 heterocycles. The van der Waals surface area contributed by atoms with E-state index < -0.39 is 6.43 Å². The molecular formula is C24H27F2N5. The monoisotopic (exact) mass is 423 g/mol. The van der Waals surface area contributed by atoms with Gasteiger partial charge in [-0.25, -0.2) is 8.78 Å². The zero-order valence-corrected chi connectivity index (χ0v) is 17.9. The summed E-state index contributed by atoms with van der Waals surface area (Å²) in [6.07, 6.45) is 2.78. The lowest BCUT2D eigenvalue weighted by Crippen LogP contribution is -2.25. The fraction of sp³-hybridized carbons (Fsp3) is 0.375. The van der Waals surface area contributed by atoms with Crippen LogP contribution in [-0.2, 0) is 20.0 Å². The number of likely N-dealkylation sites (N-methyl/N-ethyl adjacent to an activating group) is 1. The zero-order valence-electron chi connectivity index (χ0n) is 17.9. The van der Waals surface area contributed by atoms with Crippen molar-refractivity contribution in [2.24, 2.45) is 7.05 Å². The van der Waals surface area contributed by atoms with Gasteiger partial charge in [-0.2, -0.15) is 5.10 Å². The summed E-state index contributed by atoms with van der Waals surface area (Å²) in [5, 5.41) is 7.66. The number of alkyl halides is 2. The number of rotatable bonds is 3. The van der Waals surface area contributed by atoms with Gasteiger partial charge >= 0.3 is 0 Å². The number of hydrogen-bond donors (Lipinski definition) is 1. The largest absolute Gasteiger partial charge is 0.383 e. The first-order valence-corrected chi connectivity index (χ1v) is 10.8. The normalized spacial score (nSPS) is 16.6. The van der Waals surface area contributed by atoms with E-state index in [9.17, 15) is 8.78 Å². The van der Waals surface area contributed by atoms with E-state index in [-0.39, 0.29) is 5.56 Å². The summed E-state index contributed by atoms with van der Waals surface area (Å²) < 4.78 is 29.8. The van der Waals surface area contributed by atoms with Crippen molar-refractivity contribution in [3.63, 3.8) is 0 Å². The van der Waals surface area contributed by atoms with E-state index in [4.69, 9.17) is 0 Å². The fourth-order valence-corrected chi connectivity index (χ4v) is 4.71. The van der Waals surface area contributed by atoms with E-state index in [0.29, 0.717) is 5.56 Å². The third-order valence-electron chi connectivity index (χ3n) is 6.27. The SMILES string of the molecule is CN1CCNc2ccc(N3CCCc4cc(-c5cnn(C)c5)c(C(F)F)cc43)cc2C1. The number of anilines is 3. The second kappa shape index (κ2) is 7.96. The fourth-order valence-electron chi connectivity index (χ4n) is 4.71.